The highest BCUT2D eigenvalue weighted by Crippen LogP contribution is 2.33. The largest absolute Gasteiger partial charge is 0.452 e. The number of esters is 1. The van der Waals surface area contributed by atoms with Crippen LogP contribution in [0.5, 0.6) is 0 Å². The standard InChI is InChI=1S/C25H20Cl3FNO6S/c1-15(36-37(32,33)23-13-20(27)19(26)12-21(23)28)24(22(29)14-30-34-2)35-25(31)18-10-8-17(9-11-18)16-6-4-3-5-7-16/h3-15,22,24H,1H2,2H3/t15-,22-,24-/m1/s1. The number of carbonyl (C=O) groups excluding carboxylic acids is 1. The van der Waals surface area contributed by atoms with Gasteiger partial charge < -0.3 is 9.57 Å². The highest BCUT2D eigenvalue weighted by atomic mass is 35.5. The van der Waals surface area contributed by atoms with Crippen LogP contribution in [0.15, 0.2) is 76.8 Å². The Hall–Kier alpha value is -2.69. The molecule has 0 spiro atoms. The number of halogens is 4. The predicted octanol–water partition coefficient (Wildman–Crippen LogP) is 6.42. The van der Waals surface area contributed by atoms with Gasteiger partial charge in [-0.25, -0.2) is 9.18 Å². The first kappa shape index (κ1) is 28.9. The van der Waals surface area contributed by atoms with E-state index in [1.54, 1.807) is 12.1 Å². The van der Waals surface area contributed by atoms with Crippen LogP contribution in [0.4, 0.5) is 4.39 Å². The maximum Gasteiger partial charge on any atom is 0.338 e. The van der Waals surface area contributed by atoms with Crippen LogP contribution in [0, 0.1) is 6.92 Å². The monoisotopic (exact) mass is 586 g/mol. The Morgan fingerprint density at radius 1 is 0.973 bits per heavy atom. The molecule has 0 saturated carbocycles. The quantitative estimate of drug-likeness (QED) is 0.0894. The molecule has 0 amide bonds. The summed E-state index contributed by atoms with van der Waals surface area (Å²) in [6.07, 6.45) is -5.07. The maximum absolute atomic E-state index is 15.0. The molecular formula is C25H20Cl3FNO6S. The second kappa shape index (κ2) is 12.7. The van der Waals surface area contributed by atoms with Crippen molar-refractivity contribution in [1.29, 1.82) is 0 Å². The van der Waals surface area contributed by atoms with Crippen molar-refractivity contribution in [2.75, 3.05) is 7.11 Å². The summed E-state index contributed by atoms with van der Waals surface area (Å²) >= 11 is 17.7. The molecule has 195 valence electrons. The van der Waals surface area contributed by atoms with Crippen molar-refractivity contribution < 1.29 is 31.4 Å². The minimum atomic E-state index is -4.64. The van der Waals surface area contributed by atoms with E-state index in [1.807, 2.05) is 30.3 Å². The van der Waals surface area contributed by atoms with Gasteiger partial charge in [-0.15, -0.1) is 0 Å². The van der Waals surface area contributed by atoms with E-state index >= 15 is 0 Å². The van der Waals surface area contributed by atoms with Crippen LogP contribution >= 0.6 is 34.8 Å². The number of carbonyl (C=O) groups is 1. The second-order valence-corrected chi connectivity index (χ2v) is 10.2. The van der Waals surface area contributed by atoms with Crippen molar-refractivity contribution in [2.24, 2.45) is 5.16 Å². The van der Waals surface area contributed by atoms with Gasteiger partial charge in [0, 0.05) is 0 Å². The normalized spacial score (nSPS) is 14.2. The molecule has 12 heteroatoms. The Kier molecular flexibility index (Phi) is 9.92. The summed E-state index contributed by atoms with van der Waals surface area (Å²) in [5, 5.41) is 2.94. The minimum Gasteiger partial charge on any atom is -0.452 e. The van der Waals surface area contributed by atoms with Crippen molar-refractivity contribution in [2.45, 2.75) is 23.3 Å². The number of oxime groups is 1. The molecule has 1 radical (unpaired) electrons. The van der Waals surface area contributed by atoms with Gasteiger partial charge in [0.25, 0.3) is 10.1 Å². The molecule has 0 saturated heterocycles. The Bertz CT molecular complexity index is 1370. The van der Waals surface area contributed by atoms with E-state index in [2.05, 4.69) is 16.9 Å². The number of hydrogen-bond donors (Lipinski definition) is 0. The molecular weight excluding hydrogens is 568 g/mol. The third-order valence-corrected chi connectivity index (χ3v) is 7.48. The van der Waals surface area contributed by atoms with Crippen molar-refractivity contribution in [3.8, 4) is 11.1 Å². The van der Waals surface area contributed by atoms with E-state index in [1.165, 1.54) is 19.2 Å². The maximum atomic E-state index is 15.0. The summed E-state index contributed by atoms with van der Waals surface area (Å²) in [5.41, 5.74) is 1.85. The molecule has 3 aromatic carbocycles. The summed E-state index contributed by atoms with van der Waals surface area (Å²) in [7, 11) is -3.46. The van der Waals surface area contributed by atoms with E-state index < -0.39 is 39.4 Å². The molecule has 0 aliphatic heterocycles. The fourth-order valence-electron chi connectivity index (χ4n) is 3.14. The van der Waals surface area contributed by atoms with Crippen molar-refractivity contribution in [1.82, 2.24) is 0 Å². The zero-order valence-electron chi connectivity index (χ0n) is 19.2. The summed E-state index contributed by atoms with van der Waals surface area (Å²) < 4.78 is 50.9. The average molecular weight is 588 g/mol. The number of rotatable bonds is 10. The molecule has 3 aromatic rings. The minimum absolute atomic E-state index is 0.0153. The number of nitrogens with zero attached hydrogens (tertiary/aromatic N) is 1. The molecule has 0 aliphatic rings. The van der Waals surface area contributed by atoms with Crippen LogP contribution in [0.2, 0.25) is 15.1 Å². The lowest BCUT2D eigenvalue weighted by molar-refractivity contribution is -0.0149. The first-order valence-corrected chi connectivity index (χ1v) is 13.1. The van der Waals surface area contributed by atoms with Crippen LogP contribution in [0.1, 0.15) is 10.4 Å². The predicted molar refractivity (Wildman–Crippen MR) is 140 cm³/mol. The Balaban J connectivity index is 1.83. The van der Waals surface area contributed by atoms with Crippen LogP contribution in [0.25, 0.3) is 11.1 Å². The number of benzene rings is 3. The zero-order chi connectivity index (χ0) is 27.2. The first-order chi connectivity index (χ1) is 17.5. The molecule has 37 heavy (non-hydrogen) atoms. The van der Waals surface area contributed by atoms with Gasteiger partial charge in [-0.3, -0.25) is 4.18 Å². The van der Waals surface area contributed by atoms with Crippen LogP contribution in [-0.4, -0.2) is 46.1 Å². The molecule has 0 unspecified atom stereocenters. The summed E-state index contributed by atoms with van der Waals surface area (Å²) in [6, 6.07) is 17.9. The van der Waals surface area contributed by atoms with E-state index in [0.29, 0.717) is 6.21 Å². The third-order valence-electron chi connectivity index (χ3n) is 4.95. The van der Waals surface area contributed by atoms with E-state index in [9.17, 15) is 17.6 Å². The summed E-state index contributed by atoms with van der Waals surface area (Å²) in [6.45, 7) is 3.53. The Morgan fingerprint density at radius 3 is 2.19 bits per heavy atom. The molecule has 0 fully saturated rings. The molecule has 3 atom stereocenters. The lowest BCUT2D eigenvalue weighted by atomic mass is 10.0. The Morgan fingerprint density at radius 2 is 1.57 bits per heavy atom. The molecule has 3 rings (SSSR count). The van der Waals surface area contributed by atoms with Gasteiger partial charge in [0.05, 0.1) is 26.8 Å². The van der Waals surface area contributed by atoms with Gasteiger partial charge in [-0.1, -0.05) is 82.4 Å². The summed E-state index contributed by atoms with van der Waals surface area (Å²) in [4.78, 5) is 16.7. The molecule has 7 nitrogen and oxygen atoms in total. The van der Waals surface area contributed by atoms with E-state index in [0.717, 1.165) is 23.3 Å². The van der Waals surface area contributed by atoms with Crippen LogP contribution in [0.3, 0.4) is 0 Å². The highest BCUT2D eigenvalue weighted by molar-refractivity contribution is 7.87. The molecule has 0 aromatic heterocycles. The molecule has 0 heterocycles. The fraction of sp³-hybridized carbons (Fsp3) is 0.160. The Labute approximate surface area is 228 Å². The summed E-state index contributed by atoms with van der Waals surface area (Å²) in [5.74, 6) is -0.944. The first-order valence-electron chi connectivity index (χ1n) is 10.5. The lowest BCUT2D eigenvalue weighted by Gasteiger charge is -2.25. The topological polar surface area (TPSA) is 91.3 Å². The molecule has 0 N–H and O–H groups in total. The van der Waals surface area contributed by atoms with E-state index in [4.69, 9.17) is 43.7 Å². The van der Waals surface area contributed by atoms with E-state index in [-0.39, 0.29) is 20.6 Å². The van der Waals surface area contributed by atoms with Gasteiger partial charge in [0.1, 0.15) is 18.1 Å². The molecule has 0 aliphatic carbocycles. The molecule has 0 bridgehead atoms. The number of alkyl halides is 1. The zero-order valence-corrected chi connectivity index (χ0v) is 22.3. The number of hydrogen-bond acceptors (Lipinski definition) is 7. The highest BCUT2D eigenvalue weighted by Gasteiger charge is 2.35. The van der Waals surface area contributed by atoms with Gasteiger partial charge in [0.2, 0.25) is 0 Å². The van der Waals surface area contributed by atoms with Gasteiger partial charge in [-0.05, 0) is 42.3 Å². The van der Waals surface area contributed by atoms with Gasteiger partial charge >= 0.3 is 5.97 Å². The second-order valence-electron chi connectivity index (χ2n) is 7.48. The third kappa shape index (κ3) is 7.43. The van der Waals surface area contributed by atoms with Gasteiger partial charge in [0.15, 0.2) is 12.3 Å². The van der Waals surface area contributed by atoms with Crippen LogP contribution < -0.4 is 0 Å². The van der Waals surface area contributed by atoms with Gasteiger partial charge in [-0.2, -0.15) is 8.42 Å². The lowest BCUT2D eigenvalue weighted by Crippen LogP contribution is -2.41. The van der Waals surface area contributed by atoms with Crippen molar-refractivity contribution >= 4 is 57.1 Å². The SMILES string of the molecule is [CH2][C@@H](OS(=O)(=O)c1cc(Cl)c(Cl)cc1Cl)[C@@H](OC(=O)c1ccc(-c2ccccc2)cc1)[C@H](F)C=NOC. The van der Waals surface area contributed by atoms with Crippen LogP contribution in [-0.2, 0) is 23.9 Å². The van der Waals surface area contributed by atoms with Crippen molar-refractivity contribution in [3.05, 3.63) is 94.3 Å². The van der Waals surface area contributed by atoms with Crippen molar-refractivity contribution in [3.63, 3.8) is 0 Å². The smallest absolute Gasteiger partial charge is 0.338 e. The number of ether oxygens (including phenoxy) is 1. The average Bonchev–Trinajstić information content (AvgIpc) is 2.88. The fourth-order valence-corrected chi connectivity index (χ4v) is 5.13.